The van der Waals surface area contributed by atoms with E-state index < -0.39 is 0 Å². The number of morpholine rings is 1. The number of carbonyl (C=O) groups excluding carboxylic acids is 1. The third-order valence-corrected chi connectivity index (χ3v) is 4.59. The summed E-state index contributed by atoms with van der Waals surface area (Å²) in [5.74, 6) is 0.199. The van der Waals surface area contributed by atoms with Gasteiger partial charge in [-0.05, 0) is 37.4 Å². The fourth-order valence-corrected chi connectivity index (χ4v) is 3.38. The van der Waals surface area contributed by atoms with Crippen LogP contribution in [0, 0.1) is 0 Å². The van der Waals surface area contributed by atoms with Crippen molar-refractivity contribution in [2.24, 2.45) is 0 Å². The zero-order valence-electron chi connectivity index (χ0n) is 12.8. The molecular formula is C16H25N3O2. The summed E-state index contributed by atoms with van der Waals surface area (Å²) in [7, 11) is 2.02. The molecule has 1 aromatic rings. The number of aromatic nitrogens is 1. The number of fused-ring (bicyclic) bond motifs is 1. The van der Waals surface area contributed by atoms with Crippen LogP contribution in [-0.4, -0.2) is 48.7 Å². The Morgan fingerprint density at radius 3 is 2.90 bits per heavy atom. The van der Waals surface area contributed by atoms with Crippen LogP contribution in [0.25, 0.3) is 0 Å². The maximum absolute atomic E-state index is 12.3. The van der Waals surface area contributed by atoms with Gasteiger partial charge in [-0.2, -0.15) is 0 Å². The molecule has 0 bridgehead atoms. The van der Waals surface area contributed by atoms with Crippen LogP contribution in [0.5, 0.6) is 0 Å². The Hall–Kier alpha value is -1.33. The van der Waals surface area contributed by atoms with Crippen LogP contribution in [0.1, 0.15) is 36.4 Å². The lowest BCUT2D eigenvalue weighted by molar-refractivity contribution is -0.135. The monoisotopic (exact) mass is 291 g/mol. The van der Waals surface area contributed by atoms with Crippen LogP contribution >= 0.6 is 0 Å². The third-order valence-electron chi connectivity index (χ3n) is 4.59. The molecule has 1 aliphatic heterocycles. The van der Waals surface area contributed by atoms with E-state index in [4.69, 9.17) is 4.74 Å². The van der Waals surface area contributed by atoms with Gasteiger partial charge in [0, 0.05) is 31.5 Å². The summed E-state index contributed by atoms with van der Waals surface area (Å²) in [4.78, 5) is 14.2. The van der Waals surface area contributed by atoms with E-state index >= 15 is 0 Å². The number of hydrogen-bond donors (Lipinski definition) is 1. The molecule has 116 valence electrons. The molecule has 2 heterocycles. The number of hydrogen-bond acceptors (Lipinski definition) is 3. The van der Waals surface area contributed by atoms with Crippen molar-refractivity contribution in [3.05, 3.63) is 23.5 Å². The van der Waals surface area contributed by atoms with Crippen molar-refractivity contribution >= 4 is 5.91 Å². The van der Waals surface area contributed by atoms with Crippen molar-refractivity contribution < 1.29 is 9.53 Å². The third kappa shape index (κ3) is 3.30. The summed E-state index contributed by atoms with van der Waals surface area (Å²) in [5.41, 5.74) is 2.78. The van der Waals surface area contributed by atoms with E-state index in [1.165, 1.54) is 30.4 Å². The molecule has 1 aliphatic carbocycles. The Morgan fingerprint density at radius 1 is 1.33 bits per heavy atom. The highest BCUT2D eigenvalue weighted by Crippen LogP contribution is 2.29. The van der Waals surface area contributed by atoms with Gasteiger partial charge in [0.25, 0.3) is 0 Å². The lowest BCUT2D eigenvalue weighted by Crippen LogP contribution is -2.42. The normalized spacial score (nSPS) is 22.7. The lowest BCUT2D eigenvalue weighted by atomic mass is 10.1. The minimum absolute atomic E-state index is 0.199. The molecule has 1 atom stereocenters. The average Bonchev–Trinajstić information content (AvgIpc) is 2.81. The fourth-order valence-electron chi connectivity index (χ4n) is 3.38. The summed E-state index contributed by atoms with van der Waals surface area (Å²) in [5, 5.41) is 3.40. The predicted octanol–water partition coefficient (Wildman–Crippen LogP) is 1.33. The standard InChI is InChI=1S/C16H25N3O2/c1-17-15-5-3-2-4-13-10-18(11-14(13)15)12-16(20)19-6-8-21-9-7-19/h10-11,15,17H,2-9,12H2,1H3. The molecule has 0 radical (unpaired) electrons. The molecule has 1 amide bonds. The maximum atomic E-state index is 12.3. The van der Waals surface area contributed by atoms with Gasteiger partial charge in [-0.25, -0.2) is 0 Å². The highest BCUT2D eigenvalue weighted by Gasteiger charge is 2.21. The Labute approximate surface area is 126 Å². The molecule has 5 nitrogen and oxygen atoms in total. The van der Waals surface area contributed by atoms with Crippen LogP contribution in [0.15, 0.2) is 12.4 Å². The first-order valence-electron chi connectivity index (χ1n) is 7.99. The number of nitrogens with one attached hydrogen (secondary N) is 1. The Balaban J connectivity index is 1.70. The van der Waals surface area contributed by atoms with E-state index in [1.807, 2.05) is 11.9 Å². The zero-order valence-corrected chi connectivity index (χ0v) is 12.8. The van der Waals surface area contributed by atoms with E-state index in [1.54, 1.807) is 0 Å². The van der Waals surface area contributed by atoms with Gasteiger partial charge < -0.3 is 19.5 Å². The van der Waals surface area contributed by atoms with Crippen molar-refractivity contribution in [1.82, 2.24) is 14.8 Å². The fraction of sp³-hybridized carbons (Fsp3) is 0.688. The number of amides is 1. The Kier molecular flexibility index (Phi) is 4.60. The van der Waals surface area contributed by atoms with Gasteiger partial charge in [0.2, 0.25) is 5.91 Å². The van der Waals surface area contributed by atoms with E-state index in [0.717, 1.165) is 19.5 Å². The smallest absolute Gasteiger partial charge is 0.242 e. The predicted molar refractivity (Wildman–Crippen MR) is 81.2 cm³/mol. The molecular weight excluding hydrogens is 266 g/mol. The molecule has 1 N–H and O–H groups in total. The Morgan fingerprint density at radius 2 is 2.14 bits per heavy atom. The van der Waals surface area contributed by atoms with Crippen molar-refractivity contribution in [3.8, 4) is 0 Å². The summed E-state index contributed by atoms with van der Waals surface area (Å²) in [6.07, 6.45) is 9.17. The van der Waals surface area contributed by atoms with E-state index in [-0.39, 0.29) is 5.91 Å². The molecule has 0 saturated carbocycles. The number of ether oxygens (including phenoxy) is 1. The van der Waals surface area contributed by atoms with Gasteiger partial charge in [0.15, 0.2) is 0 Å². The quantitative estimate of drug-likeness (QED) is 0.855. The minimum atomic E-state index is 0.199. The first-order valence-corrected chi connectivity index (χ1v) is 7.99. The topological polar surface area (TPSA) is 46.5 Å². The first kappa shape index (κ1) is 14.6. The molecule has 5 heteroatoms. The zero-order chi connectivity index (χ0) is 14.7. The van der Waals surface area contributed by atoms with Gasteiger partial charge in [-0.15, -0.1) is 0 Å². The summed E-state index contributed by atoms with van der Waals surface area (Å²) >= 11 is 0. The average molecular weight is 291 g/mol. The molecule has 1 aromatic heterocycles. The van der Waals surface area contributed by atoms with Crippen LogP contribution in [0.2, 0.25) is 0 Å². The van der Waals surface area contributed by atoms with E-state index in [0.29, 0.717) is 25.8 Å². The second-order valence-corrected chi connectivity index (χ2v) is 5.99. The SMILES string of the molecule is CNC1CCCCc2cn(CC(=O)N3CCOCC3)cc21. The number of aryl methyl sites for hydroxylation is 1. The van der Waals surface area contributed by atoms with Gasteiger partial charge >= 0.3 is 0 Å². The van der Waals surface area contributed by atoms with Gasteiger partial charge in [0.05, 0.1) is 13.2 Å². The molecule has 0 spiro atoms. The highest BCUT2D eigenvalue weighted by molar-refractivity contribution is 5.76. The number of carbonyl (C=O) groups is 1. The van der Waals surface area contributed by atoms with Crippen LogP contribution in [-0.2, 0) is 22.5 Å². The molecule has 1 saturated heterocycles. The van der Waals surface area contributed by atoms with Gasteiger partial charge in [0.1, 0.15) is 6.54 Å². The van der Waals surface area contributed by atoms with Crippen molar-refractivity contribution in [1.29, 1.82) is 0 Å². The summed E-state index contributed by atoms with van der Waals surface area (Å²) < 4.78 is 7.37. The number of rotatable bonds is 3. The number of nitrogens with zero attached hydrogens (tertiary/aromatic N) is 2. The van der Waals surface area contributed by atoms with Crippen LogP contribution < -0.4 is 5.32 Å². The maximum Gasteiger partial charge on any atom is 0.242 e. The van der Waals surface area contributed by atoms with Crippen LogP contribution in [0.4, 0.5) is 0 Å². The molecule has 3 rings (SSSR count). The molecule has 1 unspecified atom stereocenters. The molecule has 21 heavy (non-hydrogen) atoms. The van der Waals surface area contributed by atoms with Gasteiger partial charge in [-0.3, -0.25) is 4.79 Å². The van der Waals surface area contributed by atoms with Crippen LogP contribution in [0.3, 0.4) is 0 Å². The largest absolute Gasteiger partial charge is 0.378 e. The Bertz CT molecular complexity index is 492. The highest BCUT2D eigenvalue weighted by atomic mass is 16.5. The van der Waals surface area contributed by atoms with E-state index in [2.05, 4.69) is 22.3 Å². The summed E-state index contributed by atoms with van der Waals surface area (Å²) in [6.45, 7) is 3.22. The van der Waals surface area contributed by atoms with Gasteiger partial charge in [-0.1, -0.05) is 6.42 Å². The molecule has 0 aromatic carbocycles. The second-order valence-electron chi connectivity index (χ2n) is 5.99. The van der Waals surface area contributed by atoms with Crippen molar-refractivity contribution in [2.75, 3.05) is 33.4 Å². The second kappa shape index (κ2) is 6.62. The first-order chi connectivity index (χ1) is 10.3. The lowest BCUT2D eigenvalue weighted by Gasteiger charge is -2.27. The van der Waals surface area contributed by atoms with E-state index in [9.17, 15) is 4.79 Å². The van der Waals surface area contributed by atoms with Crippen molar-refractivity contribution in [2.45, 2.75) is 38.3 Å². The minimum Gasteiger partial charge on any atom is -0.378 e. The molecule has 2 aliphatic rings. The van der Waals surface area contributed by atoms with Crippen molar-refractivity contribution in [3.63, 3.8) is 0 Å². The summed E-state index contributed by atoms with van der Waals surface area (Å²) in [6, 6.07) is 0.433. The molecule has 1 fully saturated rings.